The second-order valence-electron chi connectivity index (χ2n) is 3.59. The molecule has 1 aromatic heterocycles. The molecular weight excluding hydrogens is 252 g/mol. The molecule has 0 spiro atoms. The van der Waals surface area contributed by atoms with Gasteiger partial charge < -0.3 is 15.4 Å². The summed E-state index contributed by atoms with van der Waals surface area (Å²) in [5.74, 6) is 0.167. The summed E-state index contributed by atoms with van der Waals surface area (Å²) in [7, 11) is 1.34. The van der Waals surface area contributed by atoms with Crippen LogP contribution in [0, 0.1) is 0 Å². The number of hydrogen-bond donors (Lipinski definition) is 1. The smallest absolute Gasteiger partial charge is 0.325 e. The van der Waals surface area contributed by atoms with E-state index in [0.29, 0.717) is 18.1 Å². The minimum absolute atomic E-state index is 0.0959. The molecule has 0 radical (unpaired) electrons. The monoisotopic (exact) mass is 268 g/mol. The van der Waals surface area contributed by atoms with Crippen LogP contribution in [0.1, 0.15) is 19.0 Å². The molecule has 0 unspecified atom stereocenters. The van der Waals surface area contributed by atoms with Crippen LogP contribution in [-0.2, 0) is 9.53 Å². The highest BCUT2D eigenvalue weighted by atomic mass is 32.1. The van der Waals surface area contributed by atoms with E-state index in [9.17, 15) is 4.79 Å². The Labute approximate surface area is 111 Å². The number of rotatable bonds is 6. The van der Waals surface area contributed by atoms with Gasteiger partial charge in [0.2, 0.25) is 0 Å². The molecular formula is C11H16N4O2S. The van der Waals surface area contributed by atoms with Gasteiger partial charge in [-0.3, -0.25) is 4.79 Å². The number of carbonyl (C=O) groups is 1. The van der Waals surface area contributed by atoms with Crippen molar-refractivity contribution in [1.82, 2.24) is 9.97 Å². The second-order valence-corrected chi connectivity index (χ2v) is 4.03. The van der Waals surface area contributed by atoms with E-state index in [-0.39, 0.29) is 17.5 Å². The van der Waals surface area contributed by atoms with Gasteiger partial charge in [-0.1, -0.05) is 19.1 Å². The molecule has 0 bridgehead atoms. The molecule has 98 valence electrons. The standard InChI is InChI=1S/C11H16N4O2S/c1-3-6-15(7-8(16)17-2)11-9(10(12)18)13-4-5-14-11/h4-5H,3,6-7H2,1-2H3,(H2,12,18). The van der Waals surface area contributed by atoms with Crippen LogP contribution in [0.5, 0.6) is 0 Å². The lowest BCUT2D eigenvalue weighted by Gasteiger charge is -2.23. The minimum atomic E-state index is -0.344. The number of esters is 1. The highest BCUT2D eigenvalue weighted by Crippen LogP contribution is 2.15. The average molecular weight is 268 g/mol. The van der Waals surface area contributed by atoms with Crippen LogP contribution in [-0.4, -0.2) is 41.1 Å². The Balaban J connectivity index is 3.04. The van der Waals surface area contributed by atoms with Crippen LogP contribution in [0.25, 0.3) is 0 Å². The van der Waals surface area contributed by atoms with E-state index in [0.717, 1.165) is 6.42 Å². The van der Waals surface area contributed by atoms with E-state index < -0.39 is 0 Å². The zero-order chi connectivity index (χ0) is 13.5. The quantitative estimate of drug-likeness (QED) is 0.594. The third kappa shape index (κ3) is 3.63. The minimum Gasteiger partial charge on any atom is -0.468 e. The van der Waals surface area contributed by atoms with Gasteiger partial charge in [0.05, 0.1) is 7.11 Å². The molecule has 2 N–H and O–H groups in total. The normalized spacial score (nSPS) is 9.89. The van der Waals surface area contributed by atoms with Gasteiger partial charge in [0, 0.05) is 18.9 Å². The molecule has 0 fully saturated rings. The predicted octanol–water partition coefficient (Wildman–Crippen LogP) is 0.500. The van der Waals surface area contributed by atoms with Crippen molar-refractivity contribution in [2.45, 2.75) is 13.3 Å². The summed E-state index contributed by atoms with van der Waals surface area (Å²) < 4.78 is 4.66. The highest BCUT2D eigenvalue weighted by molar-refractivity contribution is 7.80. The number of thiocarbonyl (C=S) groups is 1. The van der Waals surface area contributed by atoms with Crippen LogP contribution in [0.3, 0.4) is 0 Å². The number of hydrogen-bond acceptors (Lipinski definition) is 6. The molecule has 0 aromatic carbocycles. The number of nitrogens with two attached hydrogens (primary N) is 1. The van der Waals surface area contributed by atoms with E-state index >= 15 is 0 Å². The molecule has 1 aromatic rings. The summed E-state index contributed by atoms with van der Waals surface area (Å²) in [4.78, 5) is 21.6. The highest BCUT2D eigenvalue weighted by Gasteiger charge is 2.17. The topological polar surface area (TPSA) is 81.3 Å². The Bertz CT molecular complexity index is 439. The molecule has 1 heterocycles. The molecule has 0 atom stereocenters. The van der Waals surface area contributed by atoms with Crippen LogP contribution >= 0.6 is 12.2 Å². The van der Waals surface area contributed by atoms with Crippen molar-refractivity contribution in [3.05, 3.63) is 18.1 Å². The molecule has 18 heavy (non-hydrogen) atoms. The molecule has 0 aliphatic rings. The Morgan fingerprint density at radius 1 is 1.50 bits per heavy atom. The number of aromatic nitrogens is 2. The Morgan fingerprint density at radius 2 is 2.17 bits per heavy atom. The molecule has 0 saturated carbocycles. The van der Waals surface area contributed by atoms with Gasteiger partial charge in [-0.15, -0.1) is 0 Å². The summed E-state index contributed by atoms with van der Waals surface area (Å²) in [5.41, 5.74) is 6.02. The maximum Gasteiger partial charge on any atom is 0.325 e. The van der Waals surface area contributed by atoms with Gasteiger partial charge in [-0.2, -0.15) is 0 Å². The number of anilines is 1. The summed E-state index contributed by atoms with van der Waals surface area (Å²) in [5, 5.41) is 0. The first-order valence-electron chi connectivity index (χ1n) is 5.52. The molecule has 0 aliphatic heterocycles. The number of carbonyl (C=O) groups excluding carboxylic acids is 1. The number of ether oxygens (including phenoxy) is 1. The van der Waals surface area contributed by atoms with Crippen molar-refractivity contribution in [2.24, 2.45) is 5.73 Å². The average Bonchev–Trinajstić information content (AvgIpc) is 2.38. The van der Waals surface area contributed by atoms with Crippen molar-refractivity contribution < 1.29 is 9.53 Å². The fourth-order valence-electron chi connectivity index (χ4n) is 1.49. The van der Waals surface area contributed by atoms with Gasteiger partial charge in [0.25, 0.3) is 0 Å². The SMILES string of the molecule is CCCN(CC(=O)OC)c1nccnc1C(N)=S. The maximum atomic E-state index is 11.4. The number of nitrogens with zero attached hydrogens (tertiary/aromatic N) is 3. The van der Waals surface area contributed by atoms with E-state index in [4.69, 9.17) is 18.0 Å². The Kier molecular flexibility index (Phi) is 5.44. The van der Waals surface area contributed by atoms with E-state index in [1.54, 1.807) is 4.90 Å². The zero-order valence-electron chi connectivity index (χ0n) is 10.4. The van der Waals surface area contributed by atoms with Gasteiger partial charge in [-0.25, -0.2) is 9.97 Å². The van der Waals surface area contributed by atoms with E-state index in [1.165, 1.54) is 19.5 Å². The van der Waals surface area contributed by atoms with E-state index in [1.807, 2.05) is 6.92 Å². The van der Waals surface area contributed by atoms with Gasteiger partial charge >= 0.3 is 5.97 Å². The Hall–Kier alpha value is -1.76. The molecule has 1 rings (SSSR count). The second kappa shape index (κ2) is 6.85. The zero-order valence-corrected chi connectivity index (χ0v) is 11.2. The van der Waals surface area contributed by atoms with Crippen molar-refractivity contribution in [2.75, 3.05) is 25.1 Å². The van der Waals surface area contributed by atoms with Crippen LogP contribution < -0.4 is 10.6 Å². The summed E-state index contributed by atoms with van der Waals surface area (Å²) >= 11 is 4.93. The third-order valence-electron chi connectivity index (χ3n) is 2.25. The largest absolute Gasteiger partial charge is 0.468 e. The van der Waals surface area contributed by atoms with Gasteiger partial charge in [0.1, 0.15) is 17.2 Å². The first-order valence-corrected chi connectivity index (χ1v) is 5.93. The first kappa shape index (κ1) is 14.3. The molecule has 0 aliphatic carbocycles. The number of methoxy groups -OCH3 is 1. The van der Waals surface area contributed by atoms with Gasteiger partial charge in [-0.05, 0) is 6.42 Å². The van der Waals surface area contributed by atoms with Gasteiger partial charge in [0.15, 0.2) is 5.82 Å². The summed E-state index contributed by atoms with van der Waals surface area (Å²) in [6.45, 7) is 2.74. The maximum absolute atomic E-state index is 11.4. The fourth-order valence-corrected chi connectivity index (χ4v) is 1.63. The summed E-state index contributed by atoms with van der Waals surface area (Å²) in [6, 6.07) is 0. The van der Waals surface area contributed by atoms with Crippen LogP contribution in [0.15, 0.2) is 12.4 Å². The molecule has 0 saturated heterocycles. The lowest BCUT2D eigenvalue weighted by molar-refractivity contribution is -0.138. The lowest BCUT2D eigenvalue weighted by Crippen LogP contribution is -2.34. The van der Waals surface area contributed by atoms with Crippen molar-refractivity contribution >= 4 is 29.0 Å². The first-order chi connectivity index (χ1) is 8.60. The Morgan fingerprint density at radius 3 is 2.72 bits per heavy atom. The van der Waals surface area contributed by atoms with Crippen molar-refractivity contribution in [3.8, 4) is 0 Å². The third-order valence-corrected chi connectivity index (χ3v) is 2.45. The van der Waals surface area contributed by atoms with Crippen LogP contribution in [0.2, 0.25) is 0 Å². The molecule has 0 amide bonds. The molecule has 7 heteroatoms. The lowest BCUT2D eigenvalue weighted by atomic mass is 10.3. The van der Waals surface area contributed by atoms with Crippen molar-refractivity contribution in [1.29, 1.82) is 0 Å². The summed E-state index contributed by atoms with van der Waals surface area (Å²) in [6.07, 6.45) is 3.90. The predicted molar refractivity (Wildman–Crippen MR) is 72.4 cm³/mol. The van der Waals surface area contributed by atoms with Crippen molar-refractivity contribution in [3.63, 3.8) is 0 Å². The van der Waals surface area contributed by atoms with Crippen LogP contribution in [0.4, 0.5) is 5.82 Å². The van der Waals surface area contributed by atoms with E-state index in [2.05, 4.69) is 14.7 Å². The molecule has 6 nitrogen and oxygen atoms in total. The fraction of sp³-hybridized carbons (Fsp3) is 0.455.